The van der Waals surface area contributed by atoms with Gasteiger partial charge in [-0.3, -0.25) is 0 Å². The van der Waals surface area contributed by atoms with Crippen LogP contribution in [0, 0.1) is 0 Å². The average Bonchev–Trinajstić information content (AvgIpc) is 2.81. The van der Waals surface area contributed by atoms with Crippen molar-refractivity contribution in [1.82, 2.24) is 0 Å². The van der Waals surface area contributed by atoms with Crippen LogP contribution in [0.15, 0.2) is 78.4 Å². The normalized spacial score (nSPS) is 15.9. The molecule has 4 heteroatoms. The number of ether oxygens (including phenoxy) is 1. The van der Waals surface area contributed by atoms with E-state index in [1.807, 2.05) is 0 Å². The topological polar surface area (TPSA) is 18.7 Å². The Morgan fingerprint density at radius 2 is 1.35 bits per heavy atom. The summed E-state index contributed by atoms with van der Waals surface area (Å²) in [6.45, 7) is 3.51. The summed E-state index contributed by atoms with van der Waals surface area (Å²) < 4.78 is 7.63. The molecule has 1 fully saturated rings. The van der Waals surface area contributed by atoms with E-state index < -0.39 is 0 Å². The van der Waals surface area contributed by atoms with Crippen molar-refractivity contribution in [3.8, 4) is 0 Å². The van der Waals surface area contributed by atoms with Crippen LogP contribution in [-0.2, 0) is 4.74 Å². The van der Waals surface area contributed by atoms with Crippen molar-refractivity contribution in [2.75, 3.05) is 64.3 Å². The van der Waals surface area contributed by atoms with Crippen LogP contribution in [0.4, 0.5) is 11.4 Å². The van der Waals surface area contributed by atoms with Crippen LogP contribution < -0.4 is 9.80 Å². The van der Waals surface area contributed by atoms with Crippen LogP contribution in [0.2, 0.25) is 0 Å². The third-order valence-electron chi connectivity index (χ3n) is 5.88. The van der Waals surface area contributed by atoms with Gasteiger partial charge in [0.2, 0.25) is 0 Å². The maximum atomic E-state index is 5.50. The molecule has 0 aromatic heterocycles. The van der Waals surface area contributed by atoms with Gasteiger partial charge in [0, 0.05) is 50.7 Å². The van der Waals surface area contributed by atoms with E-state index in [0.29, 0.717) is 0 Å². The van der Waals surface area contributed by atoms with E-state index in [1.54, 1.807) is 0 Å². The molecule has 2 aliphatic rings. The number of anilines is 2. The molecule has 0 saturated carbocycles. The number of hydrogen-bond donors (Lipinski definition) is 0. The van der Waals surface area contributed by atoms with Crippen molar-refractivity contribution in [3.05, 3.63) is 89.5 Å². The lowest BCUT2D eigenvalue weighted by Gasteiger charge is -2.29. The Labute approximate surface area is 186 Å². The van der Waals surface area contributed by atoms with Crippen LogP contribution in [0.5, 0.6) is 0 Å². The highest BCUT2D eigenvalue weighted by atomic mass is 16.5. The molecule has 0 unspecified atom stereocenters. The van der Waals surface area contributed by atoms with Gasteiger partial charge in [0.05, 0.1) is 13.2 Å². The molecule has 2 aromatic rings. The fourth-order valence-electron chi connectivity index (χ4n) is 4.01. The van der Waals surface area contributed by atoms with E-state index in [1.165, 1.54) is 39.4 Å². The summed E-state index contributed by atoms with van der Waals surface area (Å²) in [5.41, 5.74) is 8.60. The minimum absolute atomic E-state index is 0.801. The van der Waals surface area contributed by atoms with E-state index in [9.17, 15) is 0 Å². The summed E-state index contributed by atoms with van der Waals surface area (Å²) in [6, 6.07) is 17.8. The lowest BCUT2D eigenvalue weighted by atomic mass is 9.90. The molecule has 0 N–H and O–H groups in total. The van der Waals surface area contributed by atoms with Gasteiger partial charge < -0.3 is 14.5 Å². The van der Waals surface area contributed by atoms with Crippen molar-refractivity contribution in [2.45, 2.75) is 0 Å². The fourth-order valence-corrected chi connectivity index (χ4v) is 4.01. The maximum Gasteiger partial charge on any atom is 0.199 e. The minimum Gasteiger partial charge on any atom is -0.378 e. The quantitative estimate of drug-likeness (QED) is 0.698. The fraction of sp³-hybridized carbons (Fsp3) is 0.296. The standard InChI is InChI=1S/C27H32N3O/c1-28(2)24-11-5-21(6-12-24)27(22-7-13-25(14-8-22)29(3)4)23-9-15-26(16-10-23)30-17-19-31-20-18-30/h5-16H,17-20H2,1-4H3/q+1. The third-order valence-corrected chi connectivity index (χ3v) is 5.88. The van der Waals surface area contributed by atoms with E-state index in [4.69, 9.17) is 4.74 Å². The molecule has 0 radical (unpaired) electrons. The summed E-state index contributed by atoms with van der Waals surface area (Å²) in [5, 5.41) is 0. The van der Waals surface area contributed by atoms with Crippen molar-refractivity contribution >= 4 is 22.7 Å². The van der Waals surface area contributed by atoms with Gasteiger partial charge >= 0.3 is 0 Å². The summed E-state index contributed by atoms with van der Waals surface area (Å²) >= 11 is 0. The number of rotatable bonds is 4. The molecule has 0 spiro atoms. The van der Waals surface area contributed by atoms with E-state index in [2.05, 4.69) is 115 Å². The highest BCUT2D eigenvalue weighted by Gasteiger charge is 2.15. The van der Waals surface area contributed by atoms with E-state index in [-0.39, 0.29) is 0 Å². The Morgan fingerprint density at radius 1 is 0.806 bits per heavy atom. The second kappa shape index (κ2) is 9.36. The maximum absolute atomic E-state index is 5.50. The molecule has 0 amide bonds. The highest BCUT2D eigenvalue weighted by Crippen LogP contribution is 2.32. The molecule has 1 heterocycles. The smallest absolute Gasteiger partial charge is 0.199 e. The first kappa shape index (κ1) is 21.1. The second-order valence-electron chi connectivity index (χ2n) is 8.40. The molecule has 2 aromatic carbocycles. The molecule has 1 aliphatic heterocycles. The van der Waals surface area contributed by atoms with Gasteiger partial charge in [0.25, 0.3) is 0 Å². The number of hydrogen-bond acceptors (Lipinski definition) is 3. The second-order valence-corrected chi connectivity index (χ2v) is 8.40. The molecule has 0 bridgehead atoms. The van der Waals surface area contributed by atoms with E-state index >= 15 is 0 Å². The monoisotopic (exact) mass is 414 g/mol. The lowest BCUT2D eigenvalue weighted by Crippen LogP contribution is -2.36. The van der Waals surface area contributed by atoms with Crippen molar-refractivity contribution in [3.63, 3.8) is 0 Å². The first-order chi connectivity index (χ1) is 15.0. The zero-order chi connectivity index (χ0) is 21.8. The Kier molecular flexibility index (Phi) is 6.38. The average molecular weight is 415 g/mol. The van der Waals surface area contributed by atoms with Crippen LogP contribution in [0.3, 0.4) is 0 Å². The largest absolute Gasteiger partial charge is 0.378 e. The molecule has 0 atom stereocenters. The molecular formula is C27H32N3O+. The van der Waals surface area contributed by atoms with Gasteiger partial charge in [-0.1, -0.05) is 24.3 Å². The first-order valence-electron chi connectivity index (χ1n) is 10.9. The van der Waals surface area contributed by atoms with Crippen LogP contribution >= 0.6 is 0 Å². The van der Waals surface area contributed by atoms with Gasteiger partial charge in [-0.15, -0.1) is 0 Å². The molecule has 1 saturated heterocycles. The van der Waals surface area contributed by atoms with Crippen molar-refractivity contribution in [1.29, 1.82) is 0 Å². The number of nitrogens with zero attached hydrogens (tertiary/aromatic N) is 3. The summed E-state index contributed by atoms with van der Waals surface area (Å²) in [4.78, 5) is 4.52. The Morgan fingerprint density at radius 3 is 1.87 bits per heavy atom. The van der Waals surface area contributed by atoms with Gasteiger partial charge in [-0.05, 0) is 58.7 Å². The minimum atomic E-state index is 0.801. The summed E-state index contributed by atoms with van der Waals surface area (Å²) in [5.74, 6) is 0. The van der Waals surface area contributed by atoms with Crippen molar-refractivity contribution in [2.24, 2.45) is 0 Å². The van der Waals surface area contributed by atoms with Crippen LogP contribution in [0.25, 0.3) is 5.57 Å². The van der Waals surface area contributed by atoms with E-state index in [0.717, 1.165) is 26.3 Å². The Bertz CT molecular complexity index is 1010. The van der Waals surface area contributed by atoms with Gasteiger partial charge in [-0.25, -0.2) is 4.58 Å². The molecule has 1 aliphatic carbocycles. The molecular weight excluding hydrogens is 382 g/mol. The van der Waals surface area contributed by atoms with Crippen LogP contribution in [0.1, 0.15) is 11.1 Å². The predicted molar refractivity (Wildman–Crippen MR) is 132 cm³/mol. The van der Waals surface area contributed by atoms with Gasteiger partial charge in [0.1, 0.15) is 14.1 Å². The number of allylic oxidation sites excluding steroid dienone is 5. The summed E-state index contributed by atoms with van der Waals surface area (Å²) in [6.07, 6.45) is 8.82. The SMILES string of the molecule is CN(C)c1ccc(C(=C2C=CC(=[N+](C)C)C=C2)c2ccc(N3CCOCC3)cc2)cc1. The number of morpholine rings is 1. The van der Waals surface area contributed by atoms with Crippen LogP contribution in [-0.4, -0.2) is 64.8 Å². The van der Waals surface area contributed by atoms with Gasteiger partial charge in [0.15, 0.2) is 5.71 Å². The molecule has 160 valence electrons. The van der Waals surface area contributed by atoms with Crippen molar-refractivity contribution < 1.29 is 9.31 Å². The Hall–Kier alpha value is -3.11. The zero-order valence-electron chi connectivity index (χ0n) is 19.0. The molecule has 4 rings (SSSR count). The lowest BCUT2D eigenvalue weighted by molar-refractivity contribution is -0.462. The predicted octanol–water partition coefficient (Wildman–Crippen LogP) is 4.23. The molecule has 31 heavy (non-hydrogen) atoms. The first-order valence-corrected chi connectivity index (χ1v) is 10.9. The molecule has 4 nitrogen and oxygen atoms in total. The number of benzene rings is 2. The zero-order valence-corrected chi connectivity index (χ0v) is 19.0. The van der Waals surface area contributed by atoms with Gasteiger partial charge in [-0.2, -0.15) is 0 Å². The third kappa shape index (κ3) is 4.80. The summed E-state index contributed by atoms with van der Waals surface area (Å²) in [7, 11) is 8.29. The Balaban J connectivity index is 1.74. The highest BCUT2D eigenvalue weighted by molar-refractivity contribution is 6.04.